The zero-order chi connectivity index (χ0) is 14.8. The van der Waals surface area contributed by atoms with Crippen LogP contribution in [-0.2, 0) is 16.6 Å². The van der Waals surface area contributed by atoms with Gasteiger partial charge in [-0.25, -0.2) is 13.1 Å². The molecule has 20 heavy (non-hydrogen) atoms. The molecule has 0 bridgehead atoms. The highest BCUT2D eigenvalue weighted by Crippen LogP contribution is 2.28. The molecule has 112 valence electrons. The minimum Gasteiger partial charge on any atom is -0.326 e. The summed E-state index contributed by atoms with van der Waals surface area (Å²) in [5.41, 5.74) is 7.14. The van der Waals surface area contributed by atoms with E-state index in [1.54, 1.807) is 13.0 Å². The molecule has 1 heterocycles. The Morgan fingerprint density at radius 3 is 2.85 bits per heavy atom. The minimum atomic E-state index is -3.48. The number of nitrogens with two attached hydrogens (primary N) is 1. The van der Waals surface area contributed by atoms with Gasteiger partial charge in [-0.2, -0.15) is 11.8 Å². The Morgan fingerprint density at radius 1 is 1.50 bits per heavy atom. The summed E-state index contributed by atoms with van der Waals surface area (Å²) < 4.78 is 28.4. The Balaban J connectivity index is 2.21. The first-order chi connectivity index (χ1) is 9.44. The van der Waals surface area contributed by atoms with Crippen molar-refractivity contribution in [3.05, 3.63) is 27.7 Å². The van der Waals surface area contributed by atoms with Crippen LogP contribution in [0, 0.1) is 6.92 Å². The predicted octanol–water partition coefficient (Wildman–Crippen LogP) is 2.39. The molecule has 1 aliphatic heterocycles. The summed E-state index contributed by atoms with van der Waals surface area (Å²) in [6.45, 7) is 2.61. The molecule has 1 aliphatic rings. The Kier molecular flexibility index (Phi) is 5.53. The third-order valence-corrected chi connectivity index (χ3v) is 7.18. The smallest absolute Gasteiger partial charge is 0.240 e. The lowest BCUT2D eigenvalue weighted by molar-refractivity contribution is 0.578. The predicted molar refractivity (Wildman–Crippen MR) is 87.4 cm³/mol. The molecule has 0 spiro atoms. The van der Waals surface area contributed by atoms with Crippen LogP contribution in [0.15, 0.2) is 21.5 Å². The second-order valence-electron chi connectivity index (χ2n) is 4.89. The van der Waals surface area contributed by atoms with E-state index in [-0.39, 0.29) is 0 Å². The normalized spacial score (nSPS) is 19.4. The molecule has 0 amide bonds. The fourth-order valence-corrected chi connectivity index (χ4v) is 5.53. The molecule has 2 rings (SSSR count). The molecule has 0 saturated carbocycles. The summed E-state index contributed by atoms with van der Waals surface area (Å²) in [6, 6.07) is 3.52. The van der Waals surface area contributed by atoms with Gasteiger partial charge in [-0.15, -0.1) is 0 Å². The molecule has 1 unspecified atom stereocenters. The van der Waals surface area contributed by atoms with Crippen LogP contribution in [0.3, 0.4) is 0 Å². The van der Waals surface area contributed by atoms with Gasteiger partial charge in [0.15, 0.2) is 0 Å². The number of rotatable bonds is 5. The van der Waals surface area contributed by atoms with Crippen molar-refractivity contribution in [2.24, 2.45) is 5.73 Å². The largest absolute Gasteiger partial charge is 0.326 e. The van der Waals surface area contributed by atoms with E-state index in [1.807, 2.05) is 17.8 Å². The van der Waals surface area contributed by atoms with Crippen molar-refractivity contribution < 1.29 is 8.42 Å². The molecule has 0 aliphatic carbocycles. The molecule has 1 aromatic carbocycles. The van der Waals surface area contributed by atoms with Crippen molar-refractivity contribution in [2.75, 3.05) is 12.3 Å². The zero-order valence-corrected chi connectivity index (χ0v) is 14.6. The van der Waals surface area contributed by atoms with Crippen molar-refractivity contribution in [1.82, 2.24) is 4.72 Å². The lowest BCUT2D eigenvalue weighted by Crippen LogP contribution is -2.30. The Labute approximate surface area is 133 Å². The van der Waals surface area contributed by atoms with E-state index in [9.17, 15) is 8.42 Å². The first-order valence-electron chi connectivity index (χ1n) is 6.54. The van der Waals surface area contributed by atoms with Crippen LogP contribution in [0.4, 0.5) is 0 Å². The van der Waals surface area contributed by atoms with Crippen LogP contribution in [-0.4, -0.2) is 26.0 Å². The quantitative estimate of drug-likeness (QED) is 0.824. The number of halogens is 1. The van der Waals surface area contributed by atoms with E-state index in [4.69, 9.17) is 5.73 Å². The van der Waals surface area contributed by atoms with E-state index in [1.165, 1.54) is 6.42 Å². The first-order valence-corrected chi connectivity index (χ1v) is 9.87. The van der Waals surface area contributed by atoms with Crippen molar-refractivity contribution in [3.8, 4) is 0 Å². The maximum absolute atomic E-state index is 12.4. The number of hydrogen-bond acceptors (Lipinski definition) is 4. The van der Waals surface area contributed by atoms with Gasteiger partial charge in [0, 0.05) is 22.8 Å². The molecule has 7 heteroatoms. The highest BCUT2D eigenvalue weighted by Gasteiger charge is 2.22. The Hall–Kier alpha value is -0.0800. The van der Waals surface area contributed by atoms with Crippen molar-refractivity contribution in [1.29, 1.82) is 0 Å². The third kappa shape index (κ3) is 3.76. The van der Waals surface area contributed by atoms with Crippen LogP contribution < -0.4 is 10.5 Å². The lowest BCUT2D eigenvalue weighted by Gasteiger charge is -2.14. The summed E-state index contributed by atoms with van der Waals surface area (Å²) >= 11 is 5.23. The summed E-state index contributed by atoms with van der Waals surface area (Å²) in [4.78, 5) is 0.315. The molecule has 0 radical (unpaired) electrons. The number of nitrogens with one attached hydrogen (secondary N) is 1. The fraction of sp³-hybridized carbons (Fsp3) is 0.538. The van der Waals surface area contributed by atoms with Crippen molar-refractivity contribution in [3.63, 3.8) is 0 Å². The summed E-state index contributed by atoms with van der Waals surface area (Å²) in [6.07, 6.45) is 2.25. The van der Waals surface area contributed by atoms with E-state index in [0.717, 1.165) is 22.2 Å². The second-order valence-corrected chi connectivity index (χ2v) is 8.89. The Bertz CT molecular complexity index is 584. The number of sulfonamides is 1. The van der Waals surface area contributed by atoms with Crippen LogP contribution in [0.5, 0.6) is 0 Å². The van der Waals surface area contributed by atoms with Crippen LogP contribution >= 0.6 is 27.7 Å². The monoisotopic (exact) mass is 378 g/mol. The van der Waals surface area contributed by atoms with Gasteiger partial charge in [0.05, 0.1) is 4.90 Å². The standard InChI is InChI=1S/C13H19BrN2O2S2/c1-9-12(14)5-10(7-15)6-13(9)20(17,18)16-8-11-3-2-4-19-11/h5-6,11,16H,2-4,7-8,15H2,1H3. The molecule has 1 aromatic rings. The maximum atomic E-state index is 12.4. The molecular formula is C13H19BrN2O2S2. The highest BCUT2D eigenvalue weighted by molar-refractivity contribution is 9.10. The lowest BCUT2D eigenvalue weighted by atomic mass is 10.1. The first kappa shape index (κ1) is 16.3. The van der Waals surface area contributed by atoms with E-state index < -0.39 is 10.0 Å². The van der Waals surface area contributed by atoms with E-state index in [2.05, 4.69) is 20.7 Å². The average molecular weight is 379 g/mol. The fourth-order valence-electron chi connectivity index (χ4n) is 2.19. The van der Waals surface area contributed by atoms with Crippen molar-refractivity contribution >= 4 is 37.7 Å². The second kappa shape index (κ2) is 6.79. The number of hydrogen-bond donors (Lipinski definition) is 2. The number of benzene rings is 1. The number of thioether (sulfide) groups is 1. The molecule has 1 saturated heterocycles. The molecule has 1 atom stereocenters. The summed E-state index contributed by atoms with van der Waals surface area (Å²) in [5.74, 6) is 1.12. The van der Waals surface area contributed by atoms with Gasteiger partial charge in [0.1, 0.15) is 0 Å². The third-order valence-electron chi connectivity index (χ3n) is 3.41. The molecular weight excluding hydrogens is 360 g/mol. The summed E-state index contributed by atoms with van der Waals surface area (Å²) in [5, 5.41) is 0.395. The van der Waals surface area contributed by atoms with Crippen LogP contribution in [0.25, 0.3) is 0 Å². The topological polar surface area (TPSA) is 72.2 Å². The molecule has 3 N–H and O–H groups in total. The van der Waals surface area contributed by atoms with Gasteiger partial charge in [-0.05, 0) is 48.8 Å². The van der Waals surface area contributed by atoms with E-state index >= 15 is 0 Å². The van der Waals surface area contributed by atoms with Gasteiger partial charge < -0.3 is 5.73 Å². The highest BCUT2D eigenvalue weighted by atomic mass is 79.9. The minimum absolute atomic E-state index is 0.315. The van der Waals surface area contributed by atoms with Gasteiger partial charge >= 0.3 is 0 Å². The van der Waals surface area contributed by atoms with Gasteiger partial charge in [-0.3, -0.25) is 0 Å². The average Bonchev–Trinajstić information content (AvgIpc) is 2.92. The maximum Gasteiger partial charge on any atom is 0.240 e. The van der Waals surface area contributed by atoms with E-state index in [0.29, 0.717) is 28.8 Å². The zero-order valence-electron chi connectivity index (χ0n) is 11.4. The molecule has 4 nitrogen and oxygen atoms in total. The van der Waals surface area contributed by atoms with Gasteiger partial charge in [0.25, 0.3) is 0 Å². The molecule has 1 fully saturated rings. The van der Waals surface area contributed by atoms with Crippen LogP contribution in [0.1, 0.15) is 24.0 Å². The van der Waals surface area contributed by atoms with Crippen molar-refractivity contribution in [2.45, 2.75) is 36.5 Å². The Morgan fingerprint density at radius 2 is 2.25 bits per heavy atom. The SMILES string of the molecule is Cc1c(Br)cc(CN)cc1S(=O)(=O)NCC1CCCS1. The van der Waals surface area contributed by atoms with Crippen LogP contribution in [0.2, 0.25) is 0 Å². The van der Waals surface area contributed by atoms with Gasteiger partial charge in [-0.1, -0.05) is 15.9 Å². The molecule has 0 aromatic heterocycles. The summed E-state index contributed by atoms with van der Waals surface area (Å²) in [7, 11) is -3.48. The van der Waals surface area contributed by atoms with Gasteiger partial charge in [0.2, 0.25) is 10.0 Å².